The molecule has 0 spiro atoms. The predicted molar refractivity (Wildman–Crippen MR) is 60.1 cm³/mol. The molecule has 1 amide bonds. The van der Waals surface area contributed by atoms with Gasteiger partial charge in [-0.05, 0) is 23.8 Å². The number of carbonyl (C=O) groups is 1. The summed E-state index contributed by atoms with van der Waals surface area (Å²) in [6.45, 7) is 5.05. The Morgan fingerprint density at radius 3 is 2.94 bits per heavy atom. The highest BCUT2D eigenvalue weighted by atomic mass is 16.3. The first-order valence-corrected chi connectivity index (χ1v) is 5.42. The minimum atomic E-state index is -0.234. The van der Waals surface area contributed by atoms with Crippen LogP contribution in [0.4, 0.5) is 0 Å². The first-order valence-electron chi connectivity index (χ1n) is 5.42. The molecule has 0 aromatic carbocycles. The van der Waals surface area contributed by atoms with Crippen molar-refractivity contribution in [3.05, 3.63) is 24.0 Å². The maximum absolute atomic E-state index is 11.7. The number of hydrogen-bond donors (Lipinski definition) is 2. The molecule has 1 fully saturated rings. The zero-order valence-corrected chi connectivity index (χ0v) is 9.53. The Morgan fingerprint density at radius 1 is 1.69 bits per heavy atom. The second-order valence-corrected chi connectivity index (χ2v) is 4.99. The van der Waals surface area contributed by atoms with Crippen LogP contribution in [0, 0.1) is 11.3 Å². The molecule has 16 heavy (non-hydrogen) atoms. The van der Waals surface area contributed by atoms with Crippen LogP contribution in [-0.4, -0.2) is 22.5 Å². The number of aromatic hydroxyl groups is 1. The van der Waals surface area contributed by atoms with Gasteiger partial charge in [-0.2, -0.15) is 0 Å². The smallest absolute Gasteiger partial charge is 0.255 e. The Balaban J connectivity index is 1.92. The quantitative estimate of drug-likeness (QED) is 0.812. The predicted octanol–water partition coefficient (Wildman–Crippen LogP) is 1.56. The van der Waals surface area contributed by atoms with Crippen molar-refractivity contribution in [1.82, 2.24) is 10.3 Å². The summed E-state index contributed by atoms with van der Waals surface area (Å²) in [5.74, 6) is 0.248. The van der Waals surface area contributed by atoms with Crippen LogP contribution in [0.15, 0.2) is 18.5 Å². The van der Waals surface area contributed by atoms with E-state index in [1.807, 2.05) is 0 Å². The number of aromatic nitrogens is 1. The van der Waals surface area contributed by atoms with Crippen LogP contribution in [0.1, 0.15) is 30.6 Å². The molecule has 1 aromatic rings. The molecule has 1 aliphatic carbocycles. The van der Waals surface area contributed by atoms with Crippen LogP contribution in [0.3, 0.4) is 0 Å². The Morgan fingerprint density at radius 2 is 2.38 bits per heavy atom. The summed E-state index contributed by atoms with van der Waals surface area (Å²) in [5, 5.41) is 12.3. The molecule has 1 aliphatic rings. The van der Waals surface area contributed by atoms with Crippen LogP contribution in [0.5, 0.6) is 5.75 Å². The summed E-state index contributed by atoms with van der Waals surface area (Å²) in [6.07, 6.45) is 3.92. The van der Waals surface area contributed by atoms with Crippen molar-refractivity contribution >= 4 is 5.91 Å². The molecule has 1 heterocycles. The van der Waals surface area contributed by atoms with E-state index in [0.29, 0.717) is 17.9 Å². The van der Waals surface area contributed by atoms with Gasteiger partial charge in [-0.3, -0.25) is 9.78 Å². The molecule has 0 bridgehead atoms. The lowest BCUT2D eigenvalue weighted by molar-refractivity contribution is 0.0948. The Hall–Kier alpha value is -1.58. The number of rotatable bonds is 3. The molecule has 4 heteroatoms. The Bertz CT molecular complexity index is 415. The van der Waals surface area contributed by atoms with Crippen molar-refractivity contribution in [1.29, 1.82) is 0 Å². The summed E-state index contributed by atoms with van der Waals surface area (Å²) in [7, 11) is 0. The van der Waals surface area contributed by atoms with Crippen LogP contribution in [0.25, 0.3) is 0 Å². The molecule has 0 saturated heterocycles. The van der Waals surface area contributed by atoms with Gasteiger partial charge in [-0.15, -0.1) is 0 Å². The van der Waals surface area contributed by atoms with E-state index >= 15 is 0 Å². The van der Waals surface area contributed by atoms with E-state index in [-0.39, 0.29) is 17.2 Å². The lowest BCUT2D eigenvalue weighted by Crippen LogP contribution is -2.26. The maximum atomic E-state index is 11.7. The zero-order chi connectivity index (χ0) is 11.8. The molecule has 2 N–H and O–H groups in total. The number of pyridine rings is 1. The molecule has 86 valence electrons. The lowest BCUT2D eigenvalue weighted by Gasteiger charge is -2.07. The third-order valence-electron chi connectivity index (χ3n) is 3.27. The molecule has 1 atom stereocenters. The van der Waals surface area contributed by atoms with Crippen LogP contribution < -0.4 is 5.32 Å². The molecular weight excluding hydrogens is 204 g/mol. The fourth-order valence-corrected chi connectivity index (χ4v) is 1.81. The molecule has 2 rings (SSSR count). The van der Waals surface area contributed by atoms with E-state index in [1.165, 1.54) is 18.5 Å². The molecule has 1 saturated carbocycles. The van der Waals surface area contributed by atoms with Gasteiger partial charge in [0.15, 0.2) is 0 Å². The van der Waals surface area contributed by atoms with Gasteiger partial charge in [0.05, 0.1) is 11.8 Å². The van der Waals surface area contributed by atoms with Crippen molar-refractivity contribution in [2.24, 2.45) is 11.3 Å². The fourth-order valence-electron chi connectivity index (χ4n) is 1.81. The van der Waals surface area contributed by atoms with Gasteiger partial charge >= 0.3 is 0 Å². The minimum Gasteiger partial charge on any atom is -0.505 e. The first kappa shape index (κ1) is 10.9. The number of carbonyl (C=O) groups excluding carboxylic acids is 1. The molecule has 0 aliphatic heterocycles. The summed E-state index contributed by atoms with van der Waals surface area (Å²) in [6, 6.07) is 1.52. The third-order valence-corrected chi connectivity index (χ3v) is 3.27. The zero-order valence-electron chi connectivity index (χ0n) is 9.53. The monoisotopic (exact) mass is 220 g/mol. The molecule has 4 nitrogen and oxygen atoms in total. The van der Waals surface area contributed by atoms with Gasteiger partial charge < -0.3 is 10.4 Å². The van der Waals surface area contributed by atoms with Crippen molar-refractivity contribution in [3.63, 3.8) is 0 Å². The highest BCUT2D eigenvalue weighted by Gasteiger charge is 2.45. The minimum absolute atomic E-state index is 0.0740. The van der Waals surface area contributed by atoms with Gasteiger partial charge in [0.1, 0.15) is 5.75 Å². The van der Waals surface area contributed by atoms with E-state index in [2.05, 4.69) is 24.1 Å². The lowest BCUT2D eigenvalue weighted by atomic mass is 10.1. The number of nitrogens with zero attached hydrogens (tertiary/aromatic N) is 1. The van der Waals surface area contributed by atoms with Gasteiger partial charge in [0.2, 0.25) is 0 Å². The van der Waals surface area contributed by atoms with Crippen LogP contribution in [-0.2, 0) is 0 Å². The van der Waals surface area contributed by atoms with E-state index < -0.39 is 0 Å². The summed E-state index contributed by atoms with van der Waals surface area (Å²) < 4.78 is 0. The van der Waals surface area contributed by atoms with Gasteiger partial charge in [0.25, 0.3) is 5.91 Å². The first-order chi connectivity index (χ1) is 7.50. The molecular formula is C12H16N2O2. The Kier molecular flexibility index (Phi) is 2.58. The van der Waals surface area contributed by atoms with E-state index in [9.17, 15) is 9.90 Å². The largest absolute Gasteiger partial charge is 0.505 e. The summed E-state index contributed by atoms with van der Waals surface area (Å²) in [4.78, 5) is 15.4. The normalized spacial score (nSPS) is 21.5. The van der Waals surface area contributed by atoms with Gasteiger partial charge in [0, 0.05) is 12.7 Å². The highest BCUT2D eigenvalue weighted by molar-refractivity contribution is 5.96. The number of amides is 1. The fraction of sp³-hybridized carbons (Fsp3) is 0.500. The van der Waals surface area contributed by atoms with Gasteiger partial charge in [-0.25, -0.2) is 0 Å². The average molecular weight is 220 g/mol. The van der Waals surface area contributed by atoms with E-state index in [1.54, 1.807) is 0 Å². The molecule has 1 unspecified atom stereocenters. The van der Waals surface area contributed by atoms with Crippen molar-refractivity contribution < 1.29 is 9.90 Å². The third kappa shape index (κ3) is 2.15. The molecule has 0 radical (unpaired) electrons. The summed E-state index contributed by atoms with van der Waals surface area (Å²) >= 11 is 0. The number of hydrogen-bond acceptors (Lipinski definition) is 3. The van der Waals surface area contributed by atoms with E-state index in [4.69, 9.17) is 0 Å². The second-order valence-electron chi connectivity index (χ2n) is 4.99. The van der Waals surface area contributed by atoms with Gasteiger partial charge in [-0.1, -0.05) is 13.8 Å². The summed E-state index contributed by atoms with van der Waals surface area (Å²) in [5.41, 5.74) is 0.640. The number of nitrogens with one attached hydrogen (secondary N) is 1. The van der Waals surface area contributed by atoms with E-state index in [0.717, 1.165) is 6.42 Å². The standard InChI is InChI=1S/C12H16N2O2/c1-12(2)5-8(12)6-14-11(16)9-3-4-13-7-10(9)15/h3-4,7-8,15H,5-6H2,1-2H3,(H,14,16). The SMILES string of the molecule is CC1(C)CC1CNC(=O)c1ccncc1O. The average Bonchev–Trinajstić information content (AvgIpc) is 2.84. The van der Waals surface area contributed by atoms with Crippen molar-refractivity contribution in [2.45, 2.75) is 20.3 Å². The van der Waals surface area contributed by atoms with Crippen molar-refractivity contribution in [2.75, 3.05) is 6.54 Å². The second kappa shape index (κ2) is 3.77. The topological polar surface area (TPSA) is 62.2 Å². The maximum Gasteiger partial charge on any atom is 0.255 e. The van der Waals surface area contributed by atoms with Crippen LogP contribution >= 0.6 is 0 Å². The molecule has 1 aromatic heterocycles. The van der Waals surface area contributed by atoms with Crippen LogP contribution in [0.2, 0.25) is 0 Å². The van der Waals surface area contributed by atoms with Crippen molar-refractivity contribution in [3.8, 4) is 5.75 Å². The highest BCUT2D eigenvalue weighted by Crippen LogP contribution is 2.50. The Labute approximate surface area is 94.7 Å².